The number of aryl methyl sites for hydroxylation is 2. The second-order valence-corrected chi connectivity index (χ2v) is 7.62. The first-order chi connectivity index (χ1) is 12.7. The summed E-state index contributed by atoms with van der Waals surface area (Å²) in [5, 5.41) is 0.812. The summed E-state index contributed by atoms with van der Waals surface area (Å²) in [7, 11) is 0. The molecule has 26 heavy (non-hydrogen) atoms. The topological polar surface area (TPSA) is 12.4 Å². The van der Waals surface area contributed by atoms with Gasteiger partial charge in [-0.2, -0.15) is 0 Å². The molecule has 0 radical (unpaired) electrons. The number of rotatable bonds is 1. The lowest BCUT2D eigenvalue weighted by atomic mass is 9.88. The van der Waals surface area contributed by atoms with Crippen molar-refractivity contribution in [2.45, 2.75) is 45.6 Å². The molecule has 1 nitrogen and oxygen atoms in total. The Balaban J connectivity index is 1.78. The fourth-order valence-electron chi connectivity index (χ4n) is 3.94. The van der Waals surface area contributed by atoms with Gasteiger partial charge in [-0.25, -0.2) is 0 Å². The summed E-state index contributed by atoms with van der Waals surface area (Å²) in [6.45, 7) is 2.78. The summed E-state index contributed by atoms with van der Waals surface area (Å²) in [6, 6.07) is 13.0. The Bertz CT molecular complexity index is 918. The van der Waals surface area contributed by atoms with Gasteiger partial charge in [0.2, 0.25) is 0 Å². The molecule has 0 spiro atoms. The highest BCUT2D eigenvalue weighted by atomic mass is 35.5. The van der Waals surface area contributed by atoms with Crippen LogP contribution in [0, 0.1) is 0 Å². The second kappa shape index (κ2) is 7.63. The van der Waals surface area contributed by atoms with Crippen LogP contribution in [0.2, 0.25) is 5.02 Å². The van der Waals surface area contributed by atoms with E-state index >= 15 is 0 Å². The minimum atomic E-state index is 0.625. The summed E-state index contributed by atoms with van der Waals surface area (Å²) >= 11 is 6.48. The summed E-state index contributed by atoms with van der Waals surface area (Å²) in [4.78, 5) is 5.02. The third-order valence-electron chi connectivity index (χ3n) is 5.43. The van der Waals surface area contributed by atoms with Gasteiger partial charge in [0.1, 0.15) is 0 Å². The van der Waals surface area contributed by atoms with Gasteiger partial charge in [-0.3, -0.25) is 4.99 Å². The van der Waals surface area contributed by atoms with Crippen LogP contribution in [0.15, 0.2) is 65.2 Å². The zero-order valence-corrected chi connectivity index (χ0v) is 16.0. The van der Waals surface area contributed by atoms with Crippen LogP contribution in [0.5, 0.6) is 0 Å². The van der Waals surface area contributed by atoms with Gasteiger partial charge >= 0.3 is 0 Å². The lowest BCUT2D eigenvalue weighted by Crippen LogP contribution is -2.09. The van der Waals surface area contributed by atoms with Crippen molar-refractivity contribution in [2.75, 3.05) is 0 Å². The lowest BCUT2D eigenvalue weighted by Gasteiger charge is -2.18. The standard InChI is InChI=1S/C24H24ClN/c1-17-7-2-3-9-19-11-6-12-23(25)22(19)16-26-24(17)21-14-13-18-8-4-5-10-20(18)15-21/h2-3,6-7,11-15H,4-5,8-10,16H2,1H3/b3-2-,17-7+,26-24+. The van der Waals surface area contributed by atoms with E-state index in [4.69, 9.17) is 16.6 Å². The molecule has 1 aliphatic heterocycles. The SMILES string of the molecule is CC1=C\C=C/Cc2cccc(Cl)c2C/N=C\1c1ccc2c(c1)CCCC2. The van der Waals surface area contributed by atoms with Crippen LogP contribution in [0.1, 0.15) is 47.6 Å². The predicted octanol–water partition coefficient (Wildman–Crippen LogP) is 6.27. The molecule has 0 fully saturated rings. The van der Waals surface area contributed by atoms with Crippen molar-refractivity contribution in [1.29, 1.82) is 0 Å². The molecule has 0 bridgehead atoms. The molecule has 1 heterocycles. The van der Waals surface area contributed by atoms with E-state index in [0.29, 0.717) is 6.54 Å². The van der Waals surface area contributed by atoms with E-state index in [9.17, 15) is 0 Å². The Kier molecular flexibility index (Phi) is 5.08. The van der Waals surface area contributed by atoms with Crippen molar-refractivity contribution in [3.8, 4) is 0 Å². The molecule has 0 atom stereocenters. The first kappa shape index (κ1) is 17.3. The van der Waals surface area contributed by atoms with Gasteiger partial charge in [0, 0.05) is 10.6 Å². The monoisotopic (exact) mass is 361 g/mol. The summed E-state index contributed by atoms with van der Waals surface area (Å²) < 4.78 is 0. The molecule has 2 aromatic carbocycles. The number of halogens is 1. The first-order valence-electron chi connectivity index (χ1n) is 9.49. The van der Waals surface area contributed by atoms with Gasteiger partial charge in [-0.05, 0) is 79.0 Å². The van der Waals surface area contributed by atoms with Gasteiger partial charge < -0.3 is 0 Å². The van der Waals surface area contributed by atoms with Crippen molar-refractivity contribution in [1.82, 2.24) is 0 Å². The number of fused-ring (bicyclic) bond motifs is 2. The van der Waals surface area contributed by atoms with E-state index in [1.165, 1.54) is 53.5 Å². The molecule has 132 valence electrons. The van der Waals surface area contributed by atoms with E-state index < -0.39 is 0 Å². The van der Waals surface area contributed by atoms with Crippen LogP contribution in [0.3, 0.4) is 0 Å². The molecule has 0 saturated carbocycles. The Hall–Kier alpha value is -2.12. The zero-order valence-electron chi connectivity index (χ0n) is 15.3. The van der Waals surface area contributed by atoms with Crippen molar-refractivity contribution < 1.29 is 0 Å². The van der Waals surface area contributed by atoms with Gasteiger partial charge in [0.15, 0.2) is 0 Å². The molecule has 0 amide bonds. The number of hydrogen-bond acceptors (Lipinski definition) is 1. The smallest absolute Gasteiger partial charge is 0.0679 e. The predicted molar refractivity (Wildman–Crippen MR) is 111 cm³/mol. The van der Waals surface area contributed by atoms with Crippen molar-refractivity contribution >= 4 is 17.3 Å². The van der Waals surface area contributed by atoms with Crippen LogP contribution < -0.4 is 0 Å². The number of allylic oxidation sites excluding steroid dienone is 4. The molecule has 0 N–H and O–H groups in total. The summed E-state index contributed by atoms with van der Waals surface area (Å²) in [6.07, 6.45) is 12.4. The fourth-order valence-corrected chi connectivity index (χ4v) is 4.19. The molecule has 2 aliphatic rings. The van der Waals surface area contributed by atoms with Crippen molar-refractivity contribution in [3.63, 3.8) is 0 Å². The average Bonchev–Trinajstić information content (AvgIpc) is 2.67. The van der Waals surface area contributed by atoms with E-state index in [1.807, 2.05) is 12.1 Å². The second-order valence-electron chi connectivity index (χ2n) is 7.21. The highest BCUT2D eigenvalue weighted by molar-refractivity contribution is 6.31. The van der Waals surface area contributed by atoms with Gasteiger partial charge in [0.05, 0.1) is 12.3 Å². The molecule has 0 unspecified atom stereocenters. The van der Waals surface area contributed by atoms with Crippen LogP contribution in [-0.4, -0.2) is 5.71 Å². The minimum Gasteiger partial charge on any atom is -0.280 e. The number of benzene rings is 2. The van der Waals surface area contributed by atoms with E-state index in [-0.39, 0.29) is 0 Å². The summed E-state index contributed by atoms with van der Waals surface area (Å²) in [5.41, 5.74) is 8.91. The molecule has 4 rings (SSSR count). The molecule has 2 aromatic rings. The van der Waals surface area contributed by atoms with Crippen molar-refractivity contribution in [3.05, 3.63) is 93.0 Å². The molecule has 2 heteroatoms. The van der Waals surface area contributed by atoms with Crippen LogP contribution in [0.4, 0.5) is 0 Å². The average molecular weight is 362 g/mol. The van der Waals surface area contributed by atoms with Gasteiger partial charge in [-0.15, -0.1) is 0 Å². The molecular formula is C24H24ClN. The third kappa shape index (κ3) is 3.54. The maximum absolute atomic E-state index is 6.48. The maximum atomic E-state index is 6.48. The fraction of sp³-hybridized carbons (Fsp3) is 0.292. The highest BCUT2D eigenvalue weighted by Crippen LogP contribution is 2.26. The Morgan fingerprint density at radius 3 is 2.69 bits per heavy atom. The molecule has 0 saturated heterocycles. The lowest BCUT2D eigenvalue weighted by molar-refractivity contribution is 0.685. The van der Waals surface area contributed by atoms with Crippen LogP contribution >= 0.6 is 11.6 Å². The number of nitrogens with zero attached hydrogens (tertiary/aromatic N) is 1. The van der Waals surface area contributed by atoms with Crippen LogP contribution in [-0.2, 0) is 25.8 Å². The number of aliphatic imine (C=N–C) groups is 1. The van der Waals surface area contributed by atoms with Gasteiger partial charge in [-0.1, -0.05) is 54.1 Å². The molecule has 0 aromatic heterocycles. The Morgan fingerprint density at radius 2 is 1.81 bits per heavy atom. The highest BCUT2D eigenvalue weighted by Gasteiger charge is 2.14. The van der Waals surface area contributed by atoms with Crippen molar-refractivity contribution in [2.24, 2.45) is 4.99 Å². The number of hydrogen-bond donors (Lipinski definition) is 0. The summed E-state index contributed by atoms with van der Waals surface area (Å²) in [5.74, 6) is 0. The first-order valence-corrected chi connectivity index (χ1v) is 9.87. The van der Waals surface area contributed by atoms with E-state index in [0.717, 1.165) is 22.7 Å². The zero-order chi connectivity index (χ0) is 17.9. The molecular weight excluding hydrogens is 338 g/mol. The quantitative estimate of drug-likeness (QED) is 0.567. The minimum absolute atomic E-state index is 0.625. The van der Waals surface area contributed by atoms with E-state index in [1.54, 1.807) is 0 Å². The molecule has 1 aliphatic carbocycles. The van der Waals surface area contributed by atoms with E-state index in [2.05, 4.69) is 49.4 Å². The Labute approximate surface area is 161 Å². The normalized spacial score (nSPS) is 22.2. The third-order valence-corrected chi connectivity index (χ3v) is 5.78. The van der Waals surface area contributed by atoms with Gasteiger partial charge in [0.25, 0.3) is 0 Å². The maximum Gasteiger partial charge on any atom is 0.0679 e. The largest absolute Gasteiger partial charge is 0.280 e. The Morgan fingerprint density at radius 1 is 0.962 bits per heavy atom. The van der Waals surface area contributed by atoms with Crippen LogP contribution in [0.25, 0.3) is 0 Å².